The van der Waals surface area contributed by atoms with Crippen LogP contribution < -0.4 is 5.73 Å². The van der Waals surface area contributed by atoms with Crippen LogP contribution in [-0.2, 0) is 4.79 Å². The Bertz CT molecular complexity index is 248. The van der Waals surface area contributed by atoms with Gasteiger partial charge in [0.25, 0.3) is 0 Å². The lowest BCUT2D eigenvalue weighted by molar-refractivity contribution is -0.138. The molecule has 1 rings (SSSR count). The van der Waals surface area contributed by atoms with Crippen molar-refractivity contribution < 1.29 is 9.90 Å². The standard InChI is InChI=1S/C12H24N2O2/c1-12(2,3)5-9-4-10(13)7-14(6-9)8-11(15)16/h9-10H,4-8,13H2,1-3H3,(H,15,16). The number of nitrogens with two attached hydrogens (primary N) is 1. The van der Waals surface area contributed by atoms with Crippen molar-refractivity contribution >= 4 is 5.97 Å². The van der Waals surface area contributed by atoms with Crippen LogP contribution in [0.3, 0.4) is 0 Å². The summed E-state index contributed by atoms with van der Waals surface area (Å²) < 4.78 is 0. The van der Waals surface area contributed by atoms with Crippen molar-refractivity contribution in [3.63, 3.8) is 0 Å². The van der Waals surface area contributed by atoms with E-state index in [4.69, 9.17) is 10.8 Å². The summed E-state index contributed by atoms with van der Waals surface area (Å²) in [7, 11) is 0. The van der Waals surface area contributed by atoms with Gasteiger partial charge in [-0.25, -0.2) is 0 Å². The second kappa shape index (κ2) is 5.15. The highest BCUT2D eigenvalue weighted by Gasteiger charge is 2.28. The number of nitrogens with zero attached hydrogens (tertiary/aromatic N) is 1. The fourth-order valence-corrected chi connectivity index (χ4v) is 2.68. The Kier molecular flexibility index (Phi) is 4.33. The van der Waals surface area contributed by atoms with Crippen LogP contribution in [-0.4, -0.2) is 41.7 Å². The Morgan fingerprint density at radius 2 is 2.06 bits per heavy atom. The van der Waals surface area contributed by atoms with Crippen LogP contribution in [0.2, 0.25) is 0 Å². The van der Waals surface area contributed by atoms with E-state index in [0.717, 1.165) is 19.4 Å². The molecule has 0 radical (unpaired) electrons. The molecule has 4 heteroatoms. The van der Waals surface area contributed by atoms with Gasteiger partial charge in [-0.3, -0.25) is 9.69 Å². The third-order valence-electron chi connectivity index (χ3n) is 2.91. The van der Waals surface area contributed by atoms with Crippen molar-refractivity contribution in [2.45, 2.75) is 39.7 Å². The summed E-state index contributed by atoms with van der Waals surface area (Å²) in [5.74, 6) is -0.230. The Morgan fingerprint density at radius 3 is 2.56 bits per heavy atom. The van der Waals surface area contributed by atoms with Gasteiger partial charge in [0.15, 0.2) is 0 Å². The smallest absolute Gasteiger partial charge is 0.317 e. The van der Waals surface area contributed by atoms with Crippen molar-refractivity contribution in [2.75, 3.05) is 19.6 Å². The molecule has 4 nitrogen and oxygen atoms in total. The van der Waals surface area contributed by atoms with Gasteiger partial charge in [-0.1, -0.05) is 20.8 Å². The van der Waals surface area contributed by atoms with Crippen LogP contribution in [0.4, 0.5) is 0 Å². The van der Waals surface area contributed by atoms with Gasteiger partial charge in [0.05, 0.1) is 6.54 Å². The van der Waals surface area contributed by atoms with Gasteiger partial charge in [0.1, 0.15) is 0 Å². The van der Waals surface area contributed by atoms with Crippen molar-refractivity contribution in [2.24, 2.45) is 17.1 Å². The van der Waals surface area contributed by atoms with E-state index in [-0.39, 0.29) is 18.0 Å². The average Bonchev–Trinajstić information content (AvgIpc) is 1.96. The lowest BCUT2D eigenvalue weighted by Gasteiger charge is -2.38. The first-order chi connectivity index (χ1) is 7.26. The highest BCUT2D eigenvalue weighted by molar-refractivity contribution is 5.69. The molecular formula is C12H24N2O2. The third kappa shape index (κ3) is 4.94. The zero-order chi connectivity index (χ0) is 12.3. The second-order valence-corrected chi connectivity index (χ2v) is 6.21. The average molecular weight is 228 g/mol. The molecule has 1 fully saturated rings. The first kappa shape index (κ1) is 13.5. The van der Waals surface area contributed by atoms with Crippen LogP contribution in [0.5, 0.6) is 0 Å². The van der Waals surface area contributed by atoms with Gasteiger partial charge in [-0.2, -0.15) is 0 Å². The van der Waals surface area contributed by atoms with Crippen LogP contribution in [0, 0.1) is 11.3 Å². The van der Waals surface area contributed by atoms with E-state index in [2.05, 4.69) is 20.8 Å². The number of likely N-dealkylation sites (tertiary alicyclic amines) is 1. The minimum absolute atomic E-state index is 0.119. The largest absolute Gasteiger partial charge is 0.480 e. The van der Waals surface area contributed by atoms with Gasteiger partial charge < -0.3 is 10.8 Å². The van der Waals surface area contributed by atoms with E-state index < -0.39 is 5.97 Å². The van der Waals surface area contributed by atoms with Gasteiger partial charge in [-0.15, -0.1) is 0 Å². The fraction of sp³-hybridized carbons (Fsp3) is 0.917. The Hall–Kier alpha value is -0.610. The van der Waals surface area contributed by atoms with Crippen molar-refractivity contribution in [1.82, 2.24) is 4.90 Å². The SMILES string of the molecule is CC(C)(C)CC1CC(N)CN(CC(=O)O)C1. The molecule has 0 bridgehead atoms. The number of carboxylic acid groups (broad SMARTS) is 1. The van der Waals surface area contributed by atoms with Crippen LogP contribution in [0.15, 0.2) is 0 Å². The van der Waals surface area contributed by atoms with Crippen molar-refractivity contribution in [3.8, 4) is 0 Å². The Morgan fingerprint density at radius 1 is 1.44 bits per heavy atom. The van der Waals surface area contributed by atoms with Gasteiger partial charge in [0, 0.05) is 19.1 Å². The number of piperidine rings is 1. The molecule has 0 aliphatic carbocycles. The monoisotopic (exact) mass is 228 g/mol. The zero-order valence-electron chi connectivity index (χ0n) is 10.6. The predicted octanol–water partition coefficient (Wildman–Crippen LogP) is 1.16. The van der Waals surface area contributed by atoms with E-state index in [0.29, 0.717) is 12.5 Å². The molecule has 1 heterocycles. The third-order valence-corrected chi connectivity index (χ3v) is 2.91. The minimum Gasteiger partial charge on any atom is -0.480 e. The molecule has 0 amide bonds. The minimum atomic E-state index is -0.761. The number of carbonyl (C=O) groups is 1. The topological polar surface area (TPSA) is 66.6 Å². The molecule has 0 saturated carbocycles. The predicted molar refractivity (Wildman–Crippen MR) is 64.2 cm³/mol. The van der Waals surface area contributed by atoms with E-state index in [1.807, 2.05) is 4.90 Å². The molecule has 3 N–H and O–H groups in total. The molecule has 1 aliphatic heterocycles. The number of hydrogen-bond acceptors (Lipinski definition) is 3. The molecule has 0 spiro atoms. The summed E-state index contributed by atoms with van der Waals surface area (Å²) >= 11 is 0. The molecular weight excluding hydrogens is 204 g/mol. The molecule has 0 aromatic rings. The summed E-state index contributed by atoms with van der Waals surface area (Å²) in [6.07, 6.45) is 2.13. The molecule has 0 aromatic carbocycles. The number of rotatable bonds is 3. The summed E-state index contributed by atoms with van der Waals surface area (Å²) in [5.41, 5.74) is 6.26. The molecule has 1 saturated heterocycles. The maximum absolute atomic E-state index is 10.7. The van der Waals surface area contributed by atoms with Crippen LogP contribution >= 0.6 is 0 Å². The lowest BCUT2D eigenvalue weighted by atomic mass is 9.80. The van der Waals surface area contributed by atoms with Crippen molar-refractivity contribution in [3.05, 3.63) is 0 Å². The van der Waals surface area contributed by atoms with Crippen molar-refractivity contribution in [1.29, 1.82) is 0 Å². The maximum atomic E-state index is 10.7. The maximum Gasteiger partial charge on any atom is 0.317 e. The van der Waals surface area contributed by atoms with Crippen LogP contribution in [0.25, 0.3) is 0 Å². The highest BCUT2D eigenvalue weighted by atomic mass is 16.4. The molecule has 16 heavy (non-hydrogen) atoms. The van der Waals surface area contributed by atoms with Crippen LogP contribution in [0.1, 0.15) is 33.6 Å². The van der Waals surface area contributed by atoms with Gasteiger partial charge in [0.2, 0.25) is 0 Å². The molecule has 1 aliphatic rings. The van der Waals surface area contributed by atoms with E-state index >= 15 is 0 Å². The normalized spacial score (nSPS) is 28.0. The highest BCUT2D eigenvalue weighted by Crippen LogP contribution is 2.29. The summed E-state index contributed by atoms with van der Waals surface area (Å²) in [6.45, 7) is 8.36. The summed E-state index contributed by atoms with van der Waals surface area (Å²) in [4.78, 5) is 12.6. The van der Waals surface area contributed by atoms with E-state index in [1.165, 1.54) is 0 Å². The summed E-state index contributed by atoms with van der Waals surface area (Å²) in [5, 5.41) is 8.79. The lowest BCUT2D eigenvalue weighted by Crippen LogP contribution is -2.49. The van der Waals surface area contributed by atoms with Gasteiger partial charge >= 0.3 is 5.97 Å². The fourth-order valence-electron chi connectivity index (χ4n) is 2.68. The number of carboxylic acids is 1. The summed E-state index contributed by atoms with van der Waals surface area (Å²) in [6, 6.07) is 0.125. The van der Waals surface area contributed by atoms with Gasteiger partial charge in [-0.05, 0) is 24.2 Å². The first-order valence-corrected chi connectivity index (χ1v) is 5.96. The second-order valence-electron chi connectivity index (χ2n) is 6.21. The molecule has 2 atom stereocenters. The Labute approximate surface area is 97.8 Å². The number of hydrogen-bond donors (Lipinski definition) is 2. The molecule has 0 aromatic heterocycles. The zero-order valence-corrected chi connectivity index (χ0v) is 10.6. The number of aliphatic carboxylic acids is 1. The quantitative estimate of drug-likeness (QED) is 0.760. The molecule has 94 valence electrons. The first-order valence-electron chi connectivity index (χ1n) is 5.96. The van der Waals surface area contributed by atoms with E-state index in [1.54, 1.807) is 0 Å². The molecule has 2 unspecified atom stereocenters. The Balaban J connectivity index is 2.50. The van der Waals surface area contributed by atoms with E-state index in [9.17, 15) is 4.79 Å².